The minimum absolute atomic E-state index is 0.120. The van der Waals surface area contributed by atoms with Gasteiger partial charge in [-0.1, -0.05) is 0 Å². The smallest absolute Gasteiger partial charge is 0.274 e. The van der Waals surface area contributed by atoms with E-state index in [0.717, 1.165) is 25.7 Å². The number of ether oxygens (including phenoxy) is 1. The number of rotatable bonds is 7. The zero-order valence-corrected chi connectivity index (χ0v) is 20.1. The number of pyridine rings is 1. The van der Waals surface area contributed by atoms with Crippen molar-refractivity contribution in [3.8, 4) is 0 Å². The van der Waals surface area contributed by atoms with Gasteiger partial charge in [0.2, 0.25) is 0 Å². The molecule has 3 aromatic heterocycles. The molecule has 186 valence electrons. The molecule has 35 heavy (non-hydrogen) atoms. The fourth-order valence-corrected chi connectivity index (χ4v) is 4.83. The van der Waals surface area contributed by atoms with Crippen LogP contribution in [-0.4, -0.2) is 69.5 Å². The molecule has 2 atom stereocenters. The van der Waals surface area contributed by atoms with E-state index in [0.29, 0.717) is 29.3 Å². The lowest BCUT2D eigenvalue weighted by Crippen LogP contribution is -2.31. The molecule has 1 amide bonds. The van der Waals surface area contributed by atoms with Crippen LogP contribution in [-0.2, 0) is 4.74 Å². The third-order valence-corrected chi connectivity index (χ3v) is 7.06. The van der Waals surface area contributed by atoms with Gasteiger partial charge in [0.15, 0.2) is 17.2 Å². The van der Waals surface area contributed by atoms with Crippen LogP contribution in [0, 0.1) is 0 Å². The molecule has 3 aromatic rings. The first-order chi connectivity index (χ1) is 16.9. The van der Waals surface area contributed by atoms with Crippen LogP contribution >= 0.6 is 0 Å². The molecule has 10 nitrogen and oxygen atoms in total. The molecule has 0 saturated heterocycles. The molecule has 2 aliphatic rings. The Hall–Kier alpha value is -3.47. The van der Waals surface area contributed by atoms with Gasteiger partial charge in [0.25, 0.3) is 11.5 Å². The molecular formula is C24H30FN7O3. The Balaban J connectivity index is 1.45. The summed E-state index contributed by atoms with van der Waals surface area (Å²) < 4.78 is 22.2. The maximum Gasteiger partial charge on any atom is 0.274 e. The molecule has 2 fully saturated rings. The number of alkyl halides is 1. The Morgan fingerprint density at radius 1 is 1.26 bits per heavy atom. The van der Waals surface area contributed by atoms with Gasteiger partial charge < -0.3 is 24.8 Å². The summed E-state index contributed by atoms with van der Waals surface area (Å²) in [5.41, 5.74) is 1.57. The summed E-state index contributed by atoms with van der Waals surface area (Å²) in [6, 6.07) is 4.99. The van der Waals surface area contributed by atoms with E-state index >= 15 is 0 Å². The number of aromatic nitrogens is 4. The fourth-order valence-electron chi connectivity index (χ4n) is 4.83. The van der Waals surface area contributed by atoms with Gasteiger partial charge in [-0.3, -0.25) is 9.59 Å². The molecule has 0 spiro atoms. The summed E-state index contributed by atoms with van der Waals surface area (Å²) in [6.45, 7) is 0. The molecule has 0 aliphatic heterocycles. The van der Waals surface area contributed by atoms with Crippen LogP contribution in [0.4, 0.5) is 21.6 Å². The minimum atomic E-state index is -0.994. The summed E-state index contributed by atoms with van der Waals surface area (Å²) in [5.74, 6) is 0.0207. The predicted molar refractivity (Wildman–Crippen MR) is 130 cm³/mol. The van der Waals surface area contributed by atoms with Crippen molar-refractivity contribution in [2.24, 2.45) is 0 Å². The van der Waals surface area contributed by atoms with Crippen molar-refractivity contribution < 1.29 is 13.9 Å². The molecule has 2 aliphatic carbocycles. The van der Waals surface area contributed by atoms with Gasteiger partial charge >= 0.3 is 0 Å². The second kappa shape index (κ2) is 9.29. The zero-order chi connectivity index (χ0) is 24.7. The largest absolute Gasteiger partial charge is 0.385 e. The number of hydrogen-bond donors (Lipinski definition) is 2. The Morgan fingerprint density at radius 3 is 2.66 bits per heavy atom. The van der Waals surface area contributed by atoms with Gasteiger partial charge in [0, 0.05) is 45.9 Å². The first-order valence-electron chi connectivity index (χ1n) is 11.9. The predicted octanol–water partition coefficient (Wildman–Crippen LogP) is 2.99. The van der Waals surface area contributed by atoms with Gasteiger partial charge in [-0.05, 0) is 37.8 Å². The fraction of sp³-hybridized carbons (Fsp3) is 0.500. The highest BCUT2D eigenvalue weighted by molar-refractivity contribution is 5.94. The minimum Gasteiger partial charge on any atom is -0.385 e. The number of nitrogens with one attached hydrogen (secondary N) is 2. The number of amides is 1. The van der Waals surface area contributed by atoms with Gasteiger partial charge in [-0.2, -0.15) is 0 Å². The van der Waals surface area contributed by atoms with Crippen molar-refractivity contribution in [2.75, 3.05) is 31.8 Å². The third-order valence-electron chi connectivity index (χ3n) is 7.06. The van der Waals surface area contributed by atoms with E-state index < -0.39 is 12.2 Å². The van der Waals surface area contributed by atoms with E-state index in [1.807, 2.05) is 12.3 Å². The second-order valence-electron chi connectivity index (χ2n) is 9.23. The number of anilines is 3. The van der Waals surface area contributed by atoms with Gasteiger partial charge in [-0.25, -0.2) is 13.9 Å². The number of carbonyl (C=O) groups is 1. The molecular weight excluding hydrogens is 453 g/mol. The molecule has 0 radical (unpaired) electrons. The van der Waals surface area contributed by atoms with Crippen LogP contribution in [0.5, 0.6) is 0 Å². The SMILES string of the molecule is CNc1cc(Nc2cccn(C3CCC(OC)CC3)c2=O)nn2c(C(=O)N(C)[C@@H]3C[C@@H]3F)cnc12. The number of hydrogen-bond acceptors (Lipinski definition) is 7. The van der Waals surface area contributed by atoms with Crippen molar-refractivity contribution >= 4 is 28.7 Å². The monoisotopic (exact) mass is 483 g/mol. The highest BCUT2D eigenvalue weighted by Crippen LogP contribution is 2.32. The van der Waals surface area contributed by atoms with Gasteiger partial charge in [-0.15, -0.1) is 5.10 Å². The Kier molecular flexibility index (Phi) is 6.18. The Bertz CT molecular complexity index is 1300. The summed E-state index contributed by atoms with van der Waals surface area (Å²) >= 11 is 0. The maximum atomic E-state index is 13.5. The summed E-state index contributed by atoms with van der Waals surface area (Å²) in [4.78, 5) is 32.0. The van der Waals surface area contributed by atoms with E-state index in [2.05, 4.69) is 20.7 Å². The number of methoxy groups -OCH3 is 1. The lowest BCUT2D eigenvalue weighted by molar-refractivity contribution is 0.0580. The zero-order valence-electron chi connectivity index (χ0n) is 20.1. The van der Waals surface area contributed by atoms with Crippen molar-refractivity contribution in [3.05, 3.63) is 46.6 Å². The summed E-state index contributed by atoms with van der Waals surface area (Å²) in [7, 11) is 5.05. The molecule has 11 heteroatoms. The van der Waals surface area contributed by atoms with Crippen LogP contribution in [0.3, 0.4) is 0 Å². The number of imidazole rings is 1. The van der Waals surface area contributed by atoms with Crippen molar-refractivity contribution in [3.63, 3.8) is 0 Å². The Morgan fingerprint density at radius 2 is 2.00 bits per heavy atom. The first kappa shape index (κ1) is 23.3. The summed E-state index contributed by atoms with van der Waals surface area (Å²) in [5, 5.41) is 10.7. The molecule has 2 N–H and O–H groups in total. The number of halogens is 1. The normalized spacial score (nSPS) is 23.8. The number of carbonyl (C=O) groups excluding carboxylic acids is 1. The van der Waals surface area contributed by atoms with Crippen LogP contribution < -0.4 is 16.2 Å². The van der Waals surface area contributed by atoms with E-state index in [1.165, 1.54) is 15.6 Å². The van der Waals surface area contributed by atoms with E-state index in [1.54, 1.807) is 37.9 Å². The molecule has 5 rings (SSSR count). The van der Waals surface area contributed by atoms with Crippen molar-refractivity contribution in [1.29, 1.82) is 0 Å². The van der Waals surface area contributed by atoms with E-state index in [-0.39, 0.29) is 29.3 Å². The third kappa shape index (κ3) is 4.36. The van der Waals surface area contributed by atoms with E-state index in [4.69, 9.17) is 4.74 Å². The Labute approximate surface area is 202 Å². The lowest BCUT2D eigenvalue weighted by atomic mass is 9.92. The number of nitrogens with zero attached hydrogens (tertiary/aromatic N) is 5. The average molecular weight is 484 g/mol. The molecule has 0 unspecified atom stereocenters. The first-order valence-corrected chi connectivity index (χ1v) is 11.9. The standard InChI is InChI=1S/C24H30FN7O3/c1-26-18-12-21(29-32-20(13-27-22(18)32)24(34)30(2)19-11-16(19)25)28-17-5-4-10-31(23(17)33)14-6-8-15(35-3)9-7-14/h4-5,10,12-16,19,26H,6-9,11H2,1-3H3,(H,28,29)/t14?,15?,16-,19+/m0/s1. The maximum absolute atomic E-state index is 13.5. The van der Waals surface area contributed by atoms with Crippen LogP contribution in [0.25, 0.3) is 5.65 Å². The van der Waals surface area contributed by atoms with Gasteiger partial charge in [0.05, 0.1) is 24.0 Å². The van der Waals surface area contributed by atoms with Crippen LogP contribution in [0.2, 0.25) is 0 Å². The molecule has 0 bridgehead atoms. The van der Waals surface area contributed by atoms with Crippen LogP contribution in [0.15, 0.2) is 35.4 Å². The summed E-state index contributed by atoms with van der Waals surface area (Å²) in [6.07, 6.45) is 6.46. The van der Waals surface area contributed by atoms with Crippen LogP contribution in [0.1, 0.15) is 48.6 Å². The molecule has 2 saturated carbocycles. The average Bonchev–Trinajstić information content (AvgIpc) is 3.46. The van der Waals surface area contributed by atoms with Crippen molar-refractivity contribution in [1.82, 2.24) is 24.1 Å². The number of fused-ring (bicyclic) bond motifs is 1. The lowest BCUT2D eigenvalue weighted by Gasteiger charge is -2.29. The molecule has 0 aromatic carbocycles. The molecule has 3 heterocycles. The quantitative estimate of drug-likeness (QED) is 0.532. The second-order valence-corrected chi connectivity index (χ2v) is 9.23. The van der Waals surface area contributed by atoms with E-state index in [9.17, 15) is 14.0 Å². The van der Waals surface area contributed by atoms with Gasteiger partial charge in [0.1, 0.15) is 11.9 Å². The van der Waals surface area contributed by atoms with Crippen molar-refractivity contribution in [2.45, 2.75) is 56.5 Å². The highest BCUT2D eigenvalue weighted by Gasteiger charge is 2.43. The topological polar surface area (TPSA) is 106 Å². The highest BCUT2D eigenvalue weighted by atomic mass is 19.1.